The van der Waals surface area contributed by atoms with Crippen molar-refractivity contribution >= 4 is 30.5 Å². The second kappa shape index (κ2) is 7.54. The molecule has 162 valence electrons. The molecule has 2 atom stereocenters. The van der Waals surface area contributed by atoms with Crippen LogP contribution in [0, 0.1) is 0 Å². The molecular formula is C27H27NO3Si. The lowest BCUT2D eigenvalue weighted by Crippen LogP contribution is -2.67. The first-order valence-corrected chi connectivity index (χ1v) is 13.0. The molecule has 0 spiro atoms. The third-order valence-corrected chi connectivity index (χ3v) is 11.7. The smallest absolute Gasteiger partial charge is 0.261 e. The van der Waals surface area contributed by atoms with Crippen LogP contribution in [0.4, 0.5) is 0 Å². The van der Waals surface area contributed by atoms with E-state index >= 15 is 0 Å². The highest BCUT2D eigenvalue weighted by Gasteiger charge is 2.58. The van der Waals surface area contributed by atoms with E-state index in [1.807, 2.05) is 12.1 Å². The quantitative estimate of drug-likeness (QED) is 0.444. The summed E-state index contributed by atoms with van der Waals surface area (Å²) in [4.78, 5) is 27.4. The van der Waals surface area contributed by atoms with E-state index in [-0.39, 0.29) is 29.0 Å². The Morgan fingerprint density at radius 1 is 0.750 bits per heavy atom. The van der Waals surface area contributed by atoms with Crippen LogP contribution in [0.25, 0.3) is 0 Å². The van der Waals surface area contributed by atoms with E-state index in [1.165, 1.54) is 15.3 Å². The summed E-state index contributed by atoms with van der Waals surface area (Å²) >= 11 is 0. The highest BCUT2D eigenvalue weighted by Crippen LogP contribution is 2.44. The molecule has 1 aliphatic carbocycles. The van der Waals surface area contributed by atoms with Crippen molar-refractivity contribution in [3.63, 3.8) is 0 Å². The summed E-state index contributed by atoms with van der Waals surface area (Å²) in [7, 11) is -2.72. The lowest BCUT2D eigenvalue weighted by molar-refractivity contribution is 0.0617. The minimum absolute atomic E-state index is 0.148. The average Bonchev–Trinajstić information content (AvgIpc) is 3.50. The van der Waals surface area contributed by atoms with Gasteiger partial charge in [-0.2, -0.15) is 0 Å². The van der Waals surface area contributed by atoms with Crippen LogP contribution >= 0.6 is 0 Å². The number of nitrogens with zero attached hydrogens (tertiary/aromatic N) is 1. The fourth-order valence-corrected chi connectivity index (χ4v) is 9.71. The van der Waals surface area contributed by atoms with Gasteiger partial charge in [-0.3, -0.25) is 14.5 Å². The number of hydrogen-bond acceptors (Lipinski definition) is 3. The normalized spacial score (nSPS) is 20.4. The van der Waals surface area contributed by atoms with E-state index in [2.05, 4.69) is 69.3 Å². The first-order valence-electron chi connectivity index (χ1n) is 11.1. The summed E-state index contributed by atoms with van der Waals surface area (Å²) in [5, 5.41) is 2.25. The summed E-state index contributed by atoms with van der Waals surface area (Å²) in [6.07, 6.45) is 0.513. The van der Waals surface area contributed by atoms with Crippen molar-refractivity contribution in [2.75, 3.05) is 0 Å². The first-order chi connectivity index (χ1) is 15.3. The molecule has 1 aliphatic heterocycles. The highest BCUT2D eigenvalue weighted by molar-refractivity contribution is 6.99. The Bertz CT molecular complexity index is 1100. The van der Waals surface area contributed by atoms with Crippen LogP contribution in [-0.2, 0) is 4.43 Å². The second-order valence-electron chi connectivity index (χ2n) is 9.65. The summed E-state index contributed by atoms with van der Waals surface area (Å²) in [5.41, 5.74) is 0.988. The van der Waals surface area contributed by atoms with E-state index in [1.54, 1.807) is 24.3 Å². The van der Waals surface area contributed by atoms with Gasteiger partial charge in [0, 0.05) is 0 Å². The monoisotopic (exact) mass is 441 g/mol. The maximum atomic E-state index is 13.0. The van der Waals surface area contributed by atoms with E-state index in [9.17, 15) is 9.59 Å². The Labute approximate surface area is 190 Å². The molecule has 0 N–H and O–H groups in total. The van der Waals surface area contributed by atoms with Gasteiger partial charge in [-0.15, -0.1) is 0 Å². The number of amides is 2. The van der Waals surface area contributed by atoms with E-state index in [0.717, 1.165) is 0 Å². The molecule has 3 aromatic rings. The maximum Gasteiger partial charge on any atom is 0.261 e. The van der Waals surface area contributed by atoms with Gasteiger partial charge < -0.3 is 4.43 Å². The number of hydrogen-bond donors (Lipinski definition) is 0. The topological polar surface area (TPSA) is 46.6 Å². The molecule has 1 saturated carbocycles. The number of carbonyl (C=O) groups excluding carboxylic acids is 2. The number of carbonyl (C=O) groups is 2. The Balaban J connectivity index is 1.52. The predicted molar refractivity (Wildman–Crippen MR) is 128 cm³/mol. The molecule has 5 rings (SSSR count). The van der Waals surface area contributed by atoms with Crippen molar-refractivity contribution in [3.8, 4) is 0 Å². The van der Waals surface area contributed by atoms with Crippen molar-refractivity contribution in [1.29, 1.82) is 0 Å². The standard InChI is InChI=1S/C27H27NO3Si/c1-27(2,3)32(19-12-6-4-7-13-19,20-14-8-5-9-15-20)31-24-18-23(24)28-25(29)21-16-10-11-17-22(21)26(28)30/h4-17,23-24H,18H2,1-3H3. The van der Waals surface area contributed by atoms with Crippen LogP contribution in [0.2, 0.25) is 5.04 Å². The molecule has 2 amide bonds. The van der Waals surface area contributed by atoms with Gasteiger partial charge in [0.05, 0.1) is 23.3 Å². The molecule has 2 aliphatic rings. The second-order valence-corrected chi connectivity index (χ2v) is 13.9. The maximum absolute atomic E-state index is 13.0. The van der Waals surface area contributed by atoms with Crippen LogP contribution in [0.5, 0.6) is 0 Å². The Hall–Kier alpha value is -3.02. The molecule has 3 aromatic carbocycles. The van der Waals surface area contributed by atoms with E-state index in [0.29, 0.717) is 17.5 Å². The van der Waals surface area contributed by atoms with Crippen LogP contribution in [0.3, 0.4) is 0 Å². The molecule has 0 saturated heterocycles. The van der Waals surface area contributed by atoms with Gasteiger partial charge in [-0.25, -0.2) is 0 Å². The van der Waals surface area contributed by atoms with Gasteiger partial charge in [-0.05, 0) is 34.0 Å². The molecular weight excluding hydrogens is 414 g/mol. The third kappa shape index (κ3) is 3.15. The minimum Gasteiger partial charge on any atom is -0.402 e. The van der Waals surface area contributed by atoms with Gasteiger partial charge in [0.15, 0.2) is 0 Å². The van der Waals surface area contributed by atoms with Gasteiger partial charge in [0.1, 0.15) is 0 Å². The first kappa shape index (κ1) is 20.9. The van der Waals surface area contributed by atoms with E-state index < -0.39 is 8.32 Å². The molecule has 5 heteroatoms. The Kier molecular flexibility index (Phi) is 4.91. The zero-order chi connectivity index (χ0) is 22.5. The molecule has 0 radical (unpaired) electrons. The molecule has 32 heavy (non-hydrogen) atoms. The summed E-state index contributed by atoms with van der Waals surface area (Å²) in [6.45, 7) is 6.70. The van der Waals surface area contributed by atoms with Gasteiger partial charge in [0.2, 0.25) is 0 Å². The van der Waals surface area contributed by atoms with Crippen molar-refractivity contribution < 1.29 is 14.0 Å². The van der Waals surface area contributed by atoms with Crippen LogP contribution in [0.15, 0.2) is 84.9 Å². The van der Waals surface area contributed by atoms with Crippen LogP contribution < -0.4 is 10.4 Å². The summed E-state index contributed by atoms with van der Waals surface area (Å²) < 4.78 is 7.10. The number of imide groups is 1. The molecule has 0 aromatic heterocycles. The molecule has 1 heterocycles. The third-order valence-electron chi connectivity index (χ3n) is 6.60. The van der Waals surface area contributed by atoms with Crippen molar-refractivity contribution in [2.45, 2.75) is 44.4 Å². The minimum atomic E-state index is -2.72. The lowest BCUT2D eigenvalue weighted by atomic mass is 10.1. The highest BCUT2D eigenvalue weighted by atomic mass is 28.4. The van der Waals surface area contributed by atoms with Gasteiger partial charge >= 0.3 is 0 Å². The average molecular weight is 442 g/mol. The number of fused-ring (bicyclic) bond motifs is 1. The molecule has 2 unspecified atom stereocenters. The fraction of sp³-hybridized carbons (Fsp3) is 0.259. The van der Waals surface area contributed by atoms with Gasteiger partial charge in [0.25, 0.3) is 20.1 Å². The summed E-state index contributed by atoms with van der Waals surface area (Å²) in [5.74, 6) is -0.409. The van der Waals surface area contributed by atoms with Crippen molar-refractivity contribution in [1.82, 2.24) is 4.90 Å². The fourth-order valence-electron chi connectivity index (χ4n) is 4.99. The molecule has 0 bridgehead atoms. The number of rotatable bonds is 5. The zero-order valence-corrected chi connectivity index (χ0v) is 19.6. The Morgan fingerprint density at radius 2 is 1.19 bits per heavy atom. The number of benzene rings is 3. The van der Waals surface area contributed by atoms with Crippen LogP contribution in [0.1, 0.15) is 47.9 Å². The predicted octanol–water partition coefficient (Wildman–Crippen LogP) is 4.00. The van der Waals surface area contributed by atoms with Gasteiger partial charge in [-0.1, -0.05) is 93.6 Å². The van der Waals surface area contributed by atoms with Crippen molar-refractivity contribution in [2.24, 2.45) is 0 Å². The molecule has 1 fully saturated rings. The summed E-state index contributed by atoms with van der Waals surface area (Å²) in [6, 6.07) is 27.8. The lowest BCUT2D eigenvalue weighted by Gasteiger charge is -2.43. The zero-order valence-electron chi connectivity index (χ0n) is 18.6. The largest absolute Gasteiger partial charge is 0.402 e. The van der Waals surface area contributed by atoms with Crippen molar-refractivity contribution in [3.05, 3.63) is 96.1 Å². The molecule has 4 nitrogen and oxygen atoms in total. The Morgan fingerprint density at radius 3 is 1.62 bits per heavy atom. The SMILES string of the molecule is CC(C)(C)[Si](OC1CC1N1C(=O)c2ccccc2C1=O)(c1ccccc1)c1ccccc1. The van der Waals surface area contributed by atoms with E-state index in [4.69, 9.17) is 4.43 Å². The van der Waals surface area contributed by atoms with Crippen LogP contribution in [-0.4, -0.2) is 37.2 Å².